The number of nitrogens with one attached hydrogen (secondary N) is 1. The van der Waals surface area contributed by atoms with Crippen molar-refractivity contribution in [2.45, 2.75) is 12.8 Å². The van der Waals surface area contributed by atoms with Gasteiger partial charge in [-0.25, -0.2) is 9.97 Å². The van der Waals surface area contributed by atoms with Gasteiger partial charge < -0.3 is 14.5 Å². The summed E-state index contributed by atoms with van der Waals surface area (Å²) in [6.45, 7) is -0.0363. The molecule has 0 bridgehead atoms. The highest BCUT2D eigenvalue weighted by atomic mass is 32.1. The summed E-state index contributed by atoms with van der Waals surface area (Å²) < 4.78 is 51.7. The van der Waals surface area contributed by atoms with Gasteiger partial charge in [-0.3, -0.25) is 0 Å². The van der Waals surface area contributed by atoms with Crippen molar-refractivity contribution in [3.63, 3.8) is 0 Å². The van der Waals surface area contributed by atoms with Crippen molar-refractivity contribution in [2.75, 3.05) is 7.11 Å². The molecular weight excluding hydrogens is 535 g/mol. The van der Waals surface area contributed by atoms with Crippen LogP contribution in [0.25, 0.3) is 32.9 Å². The zero-order valence-corrected chi connectivity index (χ0v) is 22.0. The zero-order chi connectivity index (χ0) is 27.7. The van der Waals surface area contributed by atoms with Crippen molar-refractivity contribution in [1.29, 1.82) is 0 Å². The molecule has 0 saturated heterocycles. The first kappa shape index (κ1) is 25.6. The molecule has 6 aromatic rings. The SMILES string of the molecule is COc1cc(C=C(c2nc3ccccc3[nH]2)c2nc3ccccc3s2)ccc1OCc1cccc(C(F)(F)F)c1. The van der Waals surface area contributed by atoms with Gasteiger partial charge in [-0.2, -0.15) is 13.2 Å². The minimum Gasteiger partial charge on any atom is -0.493 e. The number of hydrogen-bond acceptors (Lipinski definition) is 5. The predicted molar refractivity (Wildman–Crippen MR) is 151 cm³/mol. The van der Waals surface area contributed by atoms with Crippen LogP contribution in [0.5, 0.6) is 11.5 Å². The lowest BCUT2D eigenvalue weighted by molar-refractivity contribution is -0.137. The van der Waals surface area contributed by atoms with Crippen LogP contribution in [-0.2, 0) is 12.8 Å². The number of thiazole rings is 1. The third kappa shape index (κ3) is 5.28. The molecule has 0 fully saturated rings. The summed E-state index contributed by atoms with van der Waals surface area (Å²) in [5.74, 6) is 1.56. The maximum absolute atomic E-state index is 13.1. The van der Waals surface area contributed by atoms with E-state index in [1.54, 1.807) is 23.5 Å². The number of alkyl halides is 3. The van der Waals surface area contributed by atoms with Crippen LogP contribution >= 0.6 is 11.3 Å². The number of ether oxygens (including phenoxy) is 2. The topological polar surface area (TPSA) is 60.0 Å². The molecular formula is C31H22F3N3O2S. The normalized spacial score (nSPS) is 12.2. The molecule has 200 valence electrons. The molecule has 0 aliphatic rings. The third-order valence-corrected chi connectivity index (χ3v) is 7.39. The first-order chi connectivity index (χ1) is 19.4. The Hall–Kier alpha value is -4.63. The average Bonchev–Trinajstić information content (AvgIpc) is 3.59. The highest BCUT2D eigenvalue weighted by molar-refractivity contribution is 7.19. The van der Waals surface area contributed by atoms with E-state index in [0.717, 1.165) is 49.5 Å². The van der Waals surface area contributed by atoms with Gasteiger partial charge in [0.1, 0.15) is 17.4 Å². The summed E-state index contributed by atoms with van der Waals surface area (Å²) >= 11 is 1.58. The van der Waals surface area contributed by atoms with Crippen molar-refractivity contribution >= 4 is 44.2 Å². The molecule has 1 N–H and O–H groups in total. The maximum Gasteiger partial charge on any atom is 0.416 e. The van der Waals surface area contributed by atoms with E-state index < -0.39 is 11.7 Å². The Labute approximate surface area is 231 Å². The van der Waals surface area contributed by atoms with Crippen LogP contribution in [-0.4, -0.2) is 22.1 Å². The Kier molecular flexibility index (Phi) is 6.73. The zero-order valence-electron chi connectivity index (χ0n) is 21.2. The number of fused-ring (bicyclic) bond motifs is 2. The lowest BCUT2D eigenvalue weighted by atomic mass is 10.1. The Bertz CT molecular complexity index is 1710. The highest BCUT2D eigenvalue weighted by Gasteiger charge is 2.30. The first-order valence-electron chi connectivity index (χ1n) is 12.4. The molecule has 0 radical (unpaired) electrons. The number of imidazole rings is 1. The number of nitrogens with zero attached hydrogens (tertiary/aromatic N) is 2. The second kappa shape index (κ2) is 10.5. The van der Waals surface area contributed by atoms with Crippen LogP contribution in [0.4, 0.5) is 13.2 Å². The smallest absolute Gasteiger partial charge is 0.416 e. The van der Waals surface area contributed by atoms with Crippen LogP contribution < -0.4 is 9.47 Å². The molecule has 9 heteroatoms. The van der Waals surface area contributed by atoms with E-state index in [-0.39, 0.29) is 6.61 Å². The van der Waals surface area contributed by atoms with Gasteiger partial charge in [0.2, 0.25) is 0 Å². The summed E-state index contributed by atoms with van der Waals surface area (Å²) in [6, 6.07) is 26.3. The van der Waals surface area contributed by atoms with Gasteiger partial charge in [0, 0.05) is 0 Å². The molecule has 6 rings (SSSR count). The molecule has 0 atom stereocenters. The van der Waals surface area contributed by atoms with E-state index in [1.807, 2.05) is 66.7 Å². The fourth-order valence-electron chi connectivity index (χ4n) is 4.36. The van der Waals surface area contributed by atoms with Gasteiger partial charge in [0.25, 0.3) is 0 Å². The van der Waals surface area contributed by atoms with Gasteiger partial charge in [0.15, 0.2) is 11.5 Å². The number of halogens is 3. The van der Waals surface area contributed by atoms with Crippen LogP contribution in [0, 0.1) is 0 Å². The van der Waals surface area contributed by atoms with Crippen LogP contribution in [0.1, 0.15) is 27.5 Å². The molecule has 0 saturated carbocycles. The number of aromatic nitrogens is 3. The second-order valence-electron chi connectivity index (χ2n) is 9.04. The number of methoxy groups -OCH3 is 1. The number of aromatic amines is 1. The van der Waals surface area contributed by atoms with E-state index in [1.165, 1.54) is 13.2 Å². The number of H-pyrrole nitrogens is 1. The fourth-order valence-corrected chi connectivity index (χ4v) is 5.34. The second-order valence-corrected chi connectivity index (χ2v) is 10.1. The van der Waals surface area contributed by atoms with Crippen molar-refractivity contribution < 1.29 is 22.6 Å². The molecule has 5 nitrogen and oxygen atoms in total. The first-order valence-corrected chi connectivity index (χ1v) is 13.2. The monoisotopic (exact) mass is 557 g/mol. The molecule has 0 aliphatic carbocycles. The van der Waals surface area contributed by atoms with Crippen molar-refractivity contribution in [2.24, 2.45) is 0 Å². The molecule has 40 heavy (non-hydrogen) atoms. The number of rotatable bonds is 7. The Morgan fingerprint density at radius 1 is 0.875 bits per heavy atom. The number of benzene rings is 4. The van der Waals surface area contributed by atoms with Crippen LogP contribution in [0.3, 0.4) is 0 Å². The maximum atomic E-state index is 13.1. The van der Waals surface area contributed by atoms with E-state index >= 15 is 0 Å². The summed E-state index contributed by atoms with van der Waals surface area (Å²) in [6.07, 6.45) is -2.43. The lowest BCUT2D eigenvalue weighted by Crippen LogP contribution is -2.06. The van der Waals surface area contributed by atoms with E-state index in [0.29, 0.717) is 22.9 Å². The van der Waals surface area contributed by atoms with E-state index in [9.17, 15) is 13.2 Å². The largest absolute Gasteiger partial charge is 0.493 e. The molecule has 0 amide bonds. The lowest BCUT2D eigenvalue weighted by Gasteiger charge is -2.13. The average molecular weight is 558 g/mol. The van der Waals surface area contributed by atoms with E-state index in [4.69, 9.17) is 19.4 Å². The molecule has 0 unspecified atom stereocenters. The summed E-state index contributed by atoms with van der Waals surface area (Å²) in [5, 5.41) is 0.809. The molecule has 2 heterocycles. The Morgan fingerprint density at radius 2 is 1.68 bits per heavy atom. The van der Waals surface area contributed by atoms with Crippen molar-refractivity contribution in [3.05, 3.63) is 119 Å². The van der Waals surface area contributed by atoms with Gasteiger partial charge in [-0.05, 0) is 65.7 Å². The fraction of sp³-hybridized carbons (Fsp3) is 0.0968. The van der Waals surface area contributed by atoms with Crippen molar-refractivity contribution in [1.82, 2.24) is 15.0 Å². The summed E-state index contributed by atoms with van der Waals surface area (Å²) in [4.78, 5) is 13.1. The van der Waals surface area contributed by atoms with E-state index in [2.05, 4.69) is 4.98 Å². The van der Waals surface area contributed by atoms with Crippen LogP contribution in [0.15, 0.2) is 91.0 Å². The number of para-hydroxylation sites is 3. The summed E-state index contributed by atoms with van der Waals surface area (Å²) in [5.41, 5.74) is 3.99. The molecule has 4 aromatic carbocycles. The minimum absolute atomic E-state index is 0.0363. The van der Waals surface area contributed by atoms with Gasteiger partial charge in [-0.15, -0.1) is 11.3 Å². The third-order valence-electron chi connectivity index (χ3n) is 6.32. The van der Waals surface area contributed by atoms with Gasteiger partial charge >= 0.3 is 6.18 Å². The Morgan fingerprint density at radius 3 is 2.45 bits per heavy atom. The van der Waals surface area contributed by atoms with Gasteiger partial charge in [-0.1, -0.05) is 42.5 Å². The number of hydrogen-bond donors (Lipinski definition) is 1. The van der Waals surface area contributed by atoms with Crippen LogP contribution in [0.2, 0.25) is 0 Å². The summed E-state index contributed by atoms with van der Waals surface area (Å²) in [7, 11) is 1.52. The standard InChI is InChI=1S/C31H22F3N3O2S/c1-38-27-17-19(13-14-26(27)39-18-20-7-6-8-21(15-20)31(32,33)34)16-22(29-35-23-9-2-3-10-24(23)36-29)30-37-25-11-4-5-12-28(25)40-30/h2-17H,18H2,1H3,(H,35,36). The highest BCUT2D eigenvalue weighted by Crippen LogP contribution is 2.35. The van der Waals surface area contributed by atoms with Gasteiger partial charge in [0.05, 0.1) is 39.5 Å². The van der Waals surface area contributed by atoms with Crippen molar-refractivity contribution in [3.8, 4) is 11.5 Å². The minimum atomic E-state index is -4.41. The predicted octanol–water partition coefficient (Wildman–Crippen LogP) is 8.37. The molecule has 0 aliphatic heterocycles. The quantitative estimate of drug-likeness (QED) is 0.214. The molecule has 0 spiro atoms. The Balaban J connectivity index is 1.35. The molecule has 2 aromatic heterocycles.